The molecule has 0 aromatic rings. The molecule has 0 saturated carbocycles. The van der Waals surface area contributed by atoms with Crippen molar-refractivity contribution in [3.05, 3.63) is 0 Å². The number of carboxylic acids is 2. The summed E-state index contributed by atoms with van der Waals surface area (Å²) in [6.45, 7) is 7.00. The predicted molar refractivity (Wildman–Crippen MR) is 121 cm³/mol. The van der Waals surface area contributed by atoms with Gasteiger partial charge in [-0.05, 0) is 36.7 Å². The van der Waals surface area contributed by atoms with Crippen LogP contribution in [0.25, 0.3) is 0 Å². The van der Waals surface area contributed by atoms with E-state index in [0.29, 0.717) is 12.2 Å². The van der Waals surface area contributed by atoms with E-state index < -0.39 is 66.2 Å². The molecule has 0 spiro atoms. The molecule has 11 nitrogen and oxygen atoms in total. The van der Waals surface area contributed by atoms with Crippen LogP contribution in [0.1, 0.15) is 47.0 Å². The third-order valence-corrected chi connectivity index (χ3v) is 5.19. The first-order valence-corrected chi connectivity index (χ1v) is 11.8. The Balaban J connectivity index is 5.46. The van der Waals surface area contributed by atoms with E-state index in [1.54, 1.807) is 20.1 Å². The van der Waals surface area contributed by atoms with E-state index in [1.807, 2.05) is 13.8 Å². The van der Waals surface area contributed by atoms with Crippen molar-refractivity contribution in [1.82, 2.24) is 16.0 Å². The SMILES string of the molecule is CSCCC(NC(=O)C(CC(=O)O)NC(=O)C(N)CC(C)C)C(=O)NC(C(=O)O)C(C)C. The van der Waals surface area contributed by atoms with Gasteiger partial charge in [-0.25, -0.2) is 4.79 Å². The van der Waals surface area contributed by atoms with Crippen LogP contribution in [0.5, 0.6) is 0 Å². The number of rotatable bonds is 15. The van der Waals surface area contributed by atoms with Crippen LogP contribution in [0.3, 0.4) is 0 Å². The Kier molecular flexibility index (Phi) is 13.6. The summed E-state index contributed by atoms with van der Waals surface area (Å²) in [6.07, 6.45) is 1.63. The smallest absolute Gasteiger partial charge is 0.326 e. The summed E-state index contributed by atoms with van der Waals surface area (Å²) in [5, 5.41) is 25.6. The number of hydrogen-bond donors (Lipinski definition) is 6. The lowest BCUT2D eigenvalue weighted by Crippen LogP contribution is -2.58. The van der Waals surface area contributed by atoms with Crippen molar-refractivity contribution in [2.45, 2.75) is 71.1 Å². The molecule has 0 aliphatic rings. The molecule has 12 heteroatoms. The van der Waals surface area contributed by atoms with Gasteiger partial charge < -0.3 is 31.9 Å². The number of carbonyl (C=O) groups is 5. The van der Waals surface area contributed by atoms with Crippen molar-refractivity contribution in [2.75, 3.05) is 12.0 Å². The summed E-state index contributed by atoms with van der Waals surface area (Å²) in [7, 11) is 0. The Morgan fingerprint density at radius 3 is 1.84 bits per heavy atom. The zero-order valence-corrected chi connectivity index (χ0v) is 20.0. The molecule has 3 amide bonds. The first kappa shape index (κ1) is 29.7. The van der Waals surface area contributed by atoms with Crippen molar-refractivity contribution in [3.8, 4) is 0 Å². The monoisotopic (exact) mass is 476 g/mol. The van der Waals surface area contributed by atoms with Gasteiger partial charge in [0.15, 0.2) is 0 Å². The van der Waals surface area contributed by atoms with Crippen molar-refractivity contribution in [3.63, 3.8) is 0 Å². The molecule has 0 heterocycles. The number of amides is 3. The average Bonchev–Trinajstić information content (AvgIpc) is 2.66. The Morgan fingerprint density at radius 1 is 0.875 bits per heavy atom. The van der Waals surface area contributed by atoms with Gasteiger partial charge in [-0.15, -0.1) is 0 Å². The topological polar surface area (TPSA) is 188 Å². The van der Waals surface area contributed by atoms with Crippen LogP contribution in [-0.2, 0) is 24.0 Å². The molecule has 0 saturated heterocycles. The van der Waals surface area contributed by atoms with Crippen LogP contribution < -0.4 is 21.7 Å². The maximum absolute atomic E-state index is 12.8. The molecule has 184 valence electrons. The Labute approximate surface area is 192 Å². The lowest BCUT2D eigenvalue weighted by Gasteiger charge is -2.25. The summed E-state index contributed by atoms with van der Waals surface area (Å²) < 4.78 is 0. The molecule has 32 heavy (non-hydrogen) atoms. The fraction of sp³-hybridized carbons (Fsp3) is 0.750. The third kappa shape index (κ3) is 11.3. The molecule has 0 aliphatic heterocycles. The summed E-state index contributed by atoms with van der Waals surface area (Å²) in [4.78, 5) is 60.4. The van der Waals surface area contributed by atoms with Crippen LogP contribution >= 0.6 is 11.8 Å². The van der Waals surface area contributed by atoms with Gasteiger partial charge in [-0.3, -0.25) is 19.2 Å². The molecule has 0 aliphatic carbocycles. The van der Waals surface area contributed by atoms with Crippen LogP contribution in [0, 0.1) is 11.8 Å². The van der Waals surface area contributed by atoms with E-state index in [4.69, 9.17) is 10.8 Å². The summed E-state index contributed by atoms with van der Waals surface area (Å²) in [5.41, 5.74) is 5.81. The largest absolute Gasteiger partial charge is 0.481 e. The summed E-state index contributed by atoms with van der Waals surface area (Å²) in [6, 6.07) is -4.62. The number of nitrogens with one attached hydrogen (secondary N) is 3. The van der Waals surface area contributed by atoms with Gasteiger partial charge in [-0.1, -0.05) is 27.7 Å². The minimum atomic E-state index is -1.44. The Morgan fingerprint density at radius 2 is 1.41 bits per heavy atom. The van der Waals surface area contributed by atoms with E-state index in [2.05, 4.69) is 16.0 Å². The molecule has 0 radical (unpaired) electrons. The summed E-state index contributed by atoms with van der Waals surface area (Å²) in [5.74, 6) is -4.57. The van der Waals surface area contributed by atoms with E-state index in [9.17, 15) is 29.1 Å². The lowest BCUT2D eigenvalue weighted by molar-refractivity contribution is -0.144. The predicted octanol–water partition coefficient (Wildman–Crippen LogP) is -0.217. The summed E-state index contributed by atoms with van der Waals surface area (Å²) >= 11 is 1.42. The second-order valence-electron chi connectivity index (χ2n) is 8.31. The van der Waals surface area contributed by atoms with Crippen LogP contribution in [0.2, 0.25) is 0 Å². The second-order valence-corrected chi connectivity index (χ2v) is 9.29. The molecule has 0 aromatic carbocycles. The maximum atomic E-state index is 12.8. The highest BCUT2D eigenvalue weighted by Crippen LogP contribution is 2.07. The number of hydrogen-bond acceptors (Lipinski definition) is 7. The van der Waals surface area contributed by atoms with E-state index in [-0.39, 0.29) is 12.3 Å². The standard InChI is InChI=1S/C20H36N4O7S/c1-10(2)8-12(21)17(27)23-14(9-15(25)26)19(29)22-13(6-7-32-5)18(28)24-16(11(3)4)20(30)31/h10-14,16H,6-9,21H2,1-5H3,(H,22,29)(H,23,27)(H,24,28)(H,25,26)(H,30,31). The van der Waals surface area contributed by atoms with Crippen LogP contribution in [0.4, 0.5) is 0 Å². The number of aliphatic carboxylic acids is 2. The number of nitrogens with two attached hydrogens (primary N) is 1. The third-order valence-electron chi connectivity index (χ3n) is 4.55. The van der Waals surface area contributed by atoms with Crippen LogP contribution in [0.15, 0.2) is 0 Å². The van der Waals surface area contributed by atoms with Gasteiger partial charge in [0.2, 0.25) is 17.7 Å². The molecule has 0 fully saturated rings. The fourth-order valence-corrected chi connectivity index (χ4v) is 3.29. The molecule has 4 unspecified atom stereocenters. The first-order valence-electron chi connectivity index (χ1n) is 10.4. The Bertz CT molecular complexity index is 672. The molecule has 0 bridgehead atoms. The number of carbonyl (C=O) groups excluding carboxylic acids is 3. The molecule has 4 atom stereocenters. The van der Waals surface area contributed by atoms with Gasteiger partial charge in [0.1, 0.15) is 18.1 Å². The molecular weight excluding hydrogens is 440 g/mol. The molecular formula is C20H36N4O7S. The van der Waals surface area contributed by atoms with E-state index >= 15 is 0 Å². The van der Waals surface area contributed by atoms with E-state index in [0.717, 1.165) is 0 Å². The van der Waals surface area contributed by atoms with Gasteiger partial charge in [0, 0.05) is 0 Å². The molecule has 0 aromatic heterocycles. The van der Waals surface area contributed by atoms with Crippen LogP contribution in [-0.4, -0.2) is 76.0 Å². The molecule has 0 rings (SSSR count). The Hall–Kier alpha value is -2.34. The lowest BCUT2D eigenvalue weighted by atomic mass is 10.0. The van der Waals surface area contributed by atoms with Gasteiger partial charge in [-0.2, -0.15) is 11.8 Å². The van der Waals surface area contributed by atoms with Crippen molar-refractivity contribution >= 4 is 41.4 Å². The van der Waals surface area contributed by atoms with Gasteiger partial charge in [0.25, 0.3) is 0 Å². The van der Waals surface area contributed by atoms with Crippen molar-refractivity contribution in [1.29, 1.82) is 0 Å². The minimum absolute atomic E-state index is 0.116. The zero-order chi connectivity index (χ0) is 25.0. The number of carboxylic acid groups (broad SMARTS) is 2. The molecule has 7 N–H and O–H groups in total. The average molecular weight is 477 g/mol. The van der Waals surface area contributed by atoms with Crippen molar-refractivity contribution < 1.29 is 34.2 Å². The number of thioether (sulfide) groups is 1. The van der Waals surface area contributed by atoms with E-state index in [1.165, 1.54) is 11.8 Å². The highest BCUT2D eigenvalue weighted by Gasteiger charge is 2.32. The van der Waals surface area contributed by atoms with Gasteiger partial charge in [0.05, 0.1) is 12.5 Å². The zero-order valence-electron chi connectivity index (χ0n) is 19.2. The normalized spacial score (nSPS) is 14.9. The van der Waals surface area contributed by atoms with Crippen molar-refractivity contribution in [2.24, 2.45) is 17.6 Å². The highest BCUT2D eigenvalue weighted by molar-refractivity contribution is 7.98. The first-order chi connectivity index (χ1) is 14.8. The maximum Gasteiger partial charge on any atom is 0.326 e. The highest BCUT2D eigenvalue weighted by atomic mass is 32.2. The minimum Gasteiger partial charge on any atom is -0.481 e. The fourth-order valence-electron chi connectivity index (χ4n) is 2.82. The quantitative estimate of drug-likeness (QED) is 0.186. The second kappa shape index (κ2) is 14.7. The van der Waals surface area contributed by atoms with Gasteiger partial charge >= 0.3 is 11.9 Å².